The molecule has 2 nitrogen and oxygen atoms in total. The van der Waals surface area contributed by atoms with Gasteiger partial charge in [0.1, 0.15) is 0 Å². The van der Waals surface area contributed by atoms with Crippen molar-refractivity contribution in [3.63, 3.8) is 0 Å². The van der Waals surface area contributed by atoms with Crippen molar-refractivity contribution in [2.24, 2.45) is 5.92 Å². The van der Waals surface area contributed by atoms with Gasteiger partial charge in [-0.05, 0) is 6.42 Å². The lowest BCUT2D eigenvalue weighted by molar-refractivity contribution is -0.138. The van der Waals surface area contributed by atoms with Crippen molar-refractivity contribution in [1.29, 1.82) is 0 Å². The third kappa shape index (κ3) is 0.938. The summed E-state index contributed by atoms with van der Waals surface area (Å²) >= 11 is 3.17. The summed E-state index contributed by atoms with van der Waals surface area (Å²) in [5.41, 5.74) is 0. The molecule has 0 radical (unpaired) electrons. The van der Waals surface area contributed by atoms with E-state index in [2.05, 4.69) is 15.9 Å². The lowest BCUT2D eigenvalue weighted by Gasteiger charge is -1.78. The molecule has 0 amide bonds. The van der Waals surface area contributed by atoms with Crippen LogP contribution in [0.4, 0.5) is 0 Å². The normalized spacial score (nSPS) is 37.9. The molecule has 0 aromatic heterocycles. The Hall–Kier alpha value is -0.0500. The van der Waals surface area contributed by atoms with Crippen molar-refractivity contribution in [2.75, 3.05) is 0 Å². The van der Waals surface area contributed by atoms with Crippen LogP contribution >= 0.6 is 15.9 Å². The van der Waals surface area contributed by atoms with Gasteiger partial charge in [0.15, 0.2) is 0 Å². The molecule has 0 aromatic rings. The Bertz CT molecular complexity index is 102. The van der Waals surface area contributed by atoms with Crippen molar-refractivity contribution in [1.82, 2.24) is 0 Å². The fraction of sp³-hybridized carbons (Fsp3) is 0.750. The molecule has 3 heteroatoms. The summed E-state index contributed by atoms with van der Waals surface area (Å²) in [6.45, 7) is 0. The van der Waals surface area contributed by atoms with Gasteiger partial charge in [-0.3, -0.25) is 4.79 Å². The van der Waals surface area contributed by atoms with Gasteiger partial charge in [-0.15, -0.1) is 0 Å². The van der Waals surface area contributed by atoms with Crippen LogP contribution in [0, 0.1) is 5.92 Å². The minimum atomic E-state index is -0.679. The molecule has 40 valence electrons. The second-order valence-corrected chi connectivity index (χ2v) is 2.87. The molecule has 1 aliphatic rings. The van der Waals surface area contributed by atoms with Crippen LogP contribution in [0.3, 0.4) is 0 Å². The van der Waals surface area contributed by atoms with Crippen LogP contribution < -0.4 is 0 Å². The number of hydrogen-bond acceptors (Lipinski definition) is 1. The first kappa shape index (κ1) is 5.09. The van der Waals surface area contributed by atoms with Crippen LogP contribution in [0.15, 0.2) is 0 Å². The van der Waals surface area contributed by atoms with Gasteiger partial charge in [0.2, 0.25) is 0 Å². The number of rotatable bonds is 1. The molecule has 0 heterocycles. The maximum absolute atomic E-state index is 9.94. The molecule has 1 N–H and O–H groups in total. The van der Waals surface area contributed by atoms with Crippen molar-refractivity contribution in [3.8, 4) is 0 Å². The highest BCUT2D eigenvalue weighted by Gasteiger charge is 2.40. The highest BCUT2D eigenvalue weighted by atomic mass is 79.9. The van der Waals surface area contributed by atoms with E-state index in [0.29, 0.717) is 0 Å². The molecule has 0 unspecified atom stereocenters. The zero-order valence-corrected chi connectivity index (χ0v) is 5.18. The number of carboxylic acids is 1. The molecule has 7 heavy (non-hydrogen) atoms. The van der Waals surface area contributed by atoms with Crippen LogP contribution in [-0.4, -0.2) is 15.9 Å². The summed E-state index contributed by atoms with van der Waals surface area (Å²) in [5.74, 6) is -0.776. The average Bonchev–Trinajstić information content (AvgIpc) is 2.17. The second-order valence-electron chi connectivity index (χ2n) is 1.70. The van der Waals surface area contributed by atoms with E-state index in [1.807, 2.05) is 0 Å². The Morgan fingerprint density at radius 2 is 2.29 bits per heavy atom. The monoisotopic (exact) mass is 164 g/mol. The molecule has 0 bridgehead atoms. The van der Waals surface area contributed by atoms with Crippen LogP contribution in [0.25, 0.3) is 0 Å². The standard InChI is InChI=1S/C4H5BrO2/c5-3-1-2(3)4(6)7/h2-3H,1H2,(H,6,7)/t2-,3-/m0/s1. The van der Waals surface area contributed by atoms with Crippen molar-refractivity contribution in [3.05, 3.63) is 0 Å². The van der Waals surface area contributed by atoms with Gasteiger partial charge in [-0.2, -0.15) is 0 Å². The molecule has 1 saturated carbocycles. The van der Waals surface area contributed by atoms with Gasteiger partial charge in [0.25, 0.3) is 0 Å². The van der Waals surface area contributed by atoms with E-state index in [1.165, 1.54) is 0 Å². The quantitative estimate of drug-likeness (QED) is 0.585. The minimum Gasteiger partial charge on any atom is -0.481 e. The van der Waals surface area contributed by atoms with E-state index in [4.69, 9.17) is 5.11 Å². The summed E-state index contributed by atoms with van der Waals surface area (Å²) in [4.78, 5) is 10.2. The second kappa shape index (κ2) is 1.47. The predicted molar refractivity (Wildman–Crippen MR) is 28.5 cm³/mol. The molecule has 2 atom stereocenters. The number of aliphatic carboxylic acids is 1. The van der Waals surface area contributed by atoms with Gasteiger partial charge in [0, 0.05) is 4.83 Å². The van der Waals surface area contributed by atoms with Gasteiger partial charge in [-0.1, -0.05) is 15.9 Å². The van der Waals surface area contributed by atoms with Gasteiger partial charge in [0.05, 0.1) is 5.92 Å². The van der Waals surface area contributed by atoms with Gasteiger partial charge in [-0.25, -0.2) is 0 Å². The fourth-order valence-electron chi connectivity index (χ4n) is 0.420. The van der Waals surface area contributed by atoms with E-state index in [-0.39, 0.29) is 10.7 Å². The number of halogens is 1. The summed E-state index contributed by atoms with van der Waals surface area (Å²) in [6.07, 6.45) is 0.801. The third-order valence-corrected chi connectivity index (χ3v) is 2.04. The number of hydrogen-bond donors (Lipinski definition) is 1. The van der Waals surface area contributed by atoms with E-state index in [1.54, 1.807) is 0 Å². The van der Waals surface area contributed by atoms with E-state index in [9.17, 15) is 4.79 Å². The Labute approximate surface area is 49.7 Å². The number of alkyl halides is 1. The maximum Gasteiger partial charge on any atom is 0.307 e. The zero-order chi connectivity index (χ0) is 5.44. The van der Waals surface area contributed by atoms with Crippen molar-refractivity contribution >= 4 is 21.9 Å². The number of carbonyl (C=O) groups is 1. The predicted octanol–water partition coefficient (Wildman–Crippen LogP) is 0.854. The largest absolute Gasteiger partial charge is 0.481 e. The SMILES string of the molecule is O=C(O)[C@H]1C[C@@H]1Br. The van der Waals surface area contributed by atoms with Gasteiger partial charge < -0.3 is 5.11 Å². The van der Waals surface area contributed by atoms with Crippen molar-refractivity contribution in [2.45, 2.75) is 11.2 Å². The smallest absolute Gasteiger partial charge is 0.307 e. The zero-order valence-electron chi connectivity index (χ0n) is 3.60. The molecule has 0 spiro atoms. The average molecular weight is 165 g/mol. The summed E-state index contributed by atoms with van der Waals surface area (Å²) in [7, 11) is 0. The lowest BCUT2D eigenvalue weighted by atomic mass is 10.5. The first-order chi connectivity index (χ1) is 3.22. The molecule has 0 aliphatic heterocycles. The van der Waals surface area contributed by atoms with Crippen LogP contribution in [0.1, 0.15) is 6.42 Å². The van der Waals surface area contributed by atoms with Crippen LogP contribution in [-0.2, 0) is 4.79 Å². The third-order valence-electron chi connectivity index (χ3n) is 1.03. The summed E-state index contributed by atoms with van der Waals surface area (Å²) in [6, 6.07) is 0. The van der Waals surface area contributed by atoms with Crippen LogP contribution in [0.5, 0.6) is 0 Å². The molecular weight excluding hydrogens is 160 g/mol. The molecular formula is C4H5BrO2. The highest BCUT2D eigenvalue weighted by molar-refractivity contribution is 9.09. The Morgan fingerprint density at radius 3 is 2.29 bits per heavy atom. The van der Waals surface area contributed by atoms with E-state index < -0.39 is 5.97 Å². The lowest BCUT2D eigenvalue weighted by Crippen LogP contribution is -1.97. The first-order valence-corrected chi connectivity index (χ1v) is 3.00. The van der Waals surface area contributed by atoms with Crippen LogP contribution in [0.2, 0.25) is 0 Å². The maximum atomic E-state index is 9.94. The Kier molecular flexibility index (Phi) is 1.07. The Balaban J connectivity index is 2.33. The minimum absolute atomic E-state index is 0.0972. The van der Waals surface area contributed by atoms with Crippen molar-refractivity contribution < 1.29 is 9.90 Å². The topological polar surface area (TPSA) is 37.3 Å². The van der Waals surface area contributed by atoms with E-state index in [0.717, 1.165) is 6.42 Å². The highest BCUT2D eigenvalue weighted by Crippen LogP contribution is 2.37. The molecule has 0 aromatic carbocycles. The van der Waals surface area contributed by atoms with E-state index >= 15 is 0 Å². The summed E-state index contributed by atoms with van der Waals surface area (Å²) in [5, 5.41) is 8.19. The first-order valence-electron chi connectivity index (χ1n) is 2.08. The number of carboxylic acid groups (broad SMARTS) is 1. The fourth-order valence-corrected chi connectivity index (χ4v) is 1.05. The summed E-state index contributed by atoms with van der Waals surface area (Å²) < 4.78 is 0. The molecule has 1 aliphatic carbocycles. The molecule has 0 saturated heterocycles. The van der Waals surface area contributed by atoms with Gasteiger partial charge >= 0.3 is 5.97 Å². The molecule has 1 fully saturated rings. The molecule has 1 rings (SSSR count). The Morgan fingerprint density at radius 1 is 1.86 bits per heavy atom.